The number of nitrogens with zero attached hydrogens (tertiary/aromatic N) is 5. The first-order chi connectivity index (χ1) is 15.9. The molecule has 10 heteroatoms. The quantitative estimate of drug-likeness (QED) is 0.338. The van der Waals surface area contributed by atoms with Crippen LogP contribution in [0.1, 0.15) is 42.7 Å². The van der Waals surface area contributed by atoms with Gasteiger partial charge in [0, 0.05) is 18.5 Å². The van der Waals surface area contributed by atoms with Gasteiger partial charge in [0.25, 0.3) is 0 Å². The zero-order valence-electron chi connectivity index (χ0n) is 18.8. The number of ether oxygens (including phenoxy) is 2. The molecule has 172 valence electrons. The number of azo groups is 1. The normalized spacial score (nSPS) is 10.5. The van der Waals surface area contributed by atoms with Gasteiger partial charge in [-0.25, -0.2) is 0 Å². The minimum Gasteiger partial charge on any atom is -0.464 e. The first-order valence-electron chi connectivity index (χ1n) is 10.4. The summed E-state index contributed by atoms with van der Waals surface area (Å²) in [6, 6.07) is 11.3. The zero-order valence-corrected chi connectivity index (χ0v) is 19.6. The second-order valence-electron chi connectivity index (χ2n) is 6.81. The van der Waals surface area contributed by atoms with E-state index in [1.54, 1.807) is 32.9 Å². The molecule has 9 nitrogen and oxygen atoms in total. The van der Waals surface area contributed by atoms with E-state index >= 15 is 0 Å². The van der Waals surface area contributed by atoms with Crippen LogP contribution in [-0.4, -0.2) is 38.2 Å². The summed E-state index contributed by atoms with van der Waals surface area (Å²) in [5.41, 5.74) is 2.37. The van der Waals surface area contributed by atoms with E-state index in [9.17, 15) is 14.9 Å². The van der Waals surface area contributed by atoms with Crippen molar-refractivity contribution in [3.05, 3.63) is 40.3 Å². The number of nitriles is 2. The Bertz CT molecular complexity index is 1060. The summed E-state index contributed by atoms with van der Waals surface area (Å²) in [7, 11) is 0. The van der Waals surface area contributed by atoms with Crippen LogP contribution >= 0.6 is 11.3 Å². The third-order valence-electron chi connectivity index (χ3n) is 4.64. The van der Waals surface area contributed by atoms with Crippen LogP contribution in [0.25, 0.3) is 0 Å². The van der Waals surface area contributed by atoms with Gasteiger partial charge in [-0.05, 0) is 36.8 Å². The van der Waals surface area contributed by atoms with Crippen LogP contribution in [0, 0.1) is 29.6 Å². The van der Waals surface area contributed by atoms with Gasteiger partial charge in [-0.3, -0.25) is 9.59 Å². The Morgan fingerprint density at radius 2 is 1.55 bits per heavy atom. The minimum atomic E-state index is -0.275. The molecule has 0 spiro atoms. The van der Waals surface area contributed by atoms with Crippen molar-refractivity contribution < 1.29 is 19.1 Å². The van der Waals surface area contributed by atoms with E-state index in [4.69, 9.17) is 14.7 Å². The molecule has 0 N–H and O–H groups in total. The molecule has 0 unspecified atom stereocenters. The Morgan fingerprint density at radius 1 is 0.970 bits per heavy atom. The van der Waals surface area contributed by atoms with Crippen molar-refractivity contribution in [3.63, 3.8) is 0 Å². The molecule has 2 aromatic rings. The van der Waals surface area contributed by atoms with Crippen LogP contribution in [0.4, 0.5) is 16.4 Å². The van der Waals surface area contributed by atoms with E-state index < -0.39 is 0 Å². The highest BCUT2D eigenvalue weighted by Crippen LogP contribution is 2.35. The molecule has 2 rings (SSSR count). The van der Waals surface area contributed by atoms with Crippen LogP contribution < -0.4 is 4.90 Å². The van der Waals surface area contributed by atoms with Gasteiger partial charge in [-0.1, -0.05) is 13.8 Å². The Kier molecular flexibility index (Phi) is 10.00. The third-order valence-corrected chi connectivity index (χ3v) is 5.72. The second kappa shape index (κ2) is 12.9. The summed E-state index contributed by atoms with van der Waals surface area (Å²) in [6.45, 7) is 6.48. The van der Waals surface area contributed by atoms with Crippen LogP contribution in [0.5, 0.6) is 0 Å². The van der Waals surface area contributed by atoms with Crippen molar-refractivity contribution in [2.75, 3.05) is 31.2 Å². The van der Waals surface area contributed by atoms with E-state index in [0.29, 0.717) is 52.6 Å². The van der Waals surface area contributed by atoms with Crippen molar-refractivity contribution in [2.24, 2.45) is 10.2 Å². The van der Waals surface area contributed by atoms with Crippen molar-refractivity contribution in [2.45, 2.75) is 33.6 Å². The van der Waals surface area contributed by atoms with Crippen LogP contribution in [0.3, 0.4) is 0 Å². The molecule has 0 fully saturated rings. The van der Waals surface area contributed by atoms with Gasteiger partial charge in [-0.2, -0.15) is 10.5 Å². The monoisotopic (exact) mass is 467 g/mol. The van der Waals surface area contributed by atoms with Gasteiger partial charge >= 0.3 is 11.9 Å². The third kappa shape index (κ3) is 7.41. The lowest BCUT2D eigenvalue weighted by atomic mass is 10.2. The van der Waals surface area contributed by atoms with E-state index in [0.717, 1.165) is 17.0 Å². The molecule has 0 bridgehead atoms. The van der Waals surface area contributed by atoms with E-state index in [-0.39, 0.29) is 25.2 Å². The van der Waals surface area contributed by atoms with Gasteiger partial charge in [0.05, 0.1) is 24.3 Å². The molecule has 0 aliphatic rings. The minimum absolute atomic E-state index is 0.214. The van der Waals surface area contributed by atoms with Crippen LogP contribution in [0.15, 0.2) is 34.5 Å². The summed E-state index contributed by atoms with van der Waals surface area (Å²) in [6.07, 6.45) is 0.613. The Hall–Kier alpha value is -3.76. The number of esters is 2. The summed E-state index contributed by atoms with van der Waals surface area (Å²) in [4.78, 5) is 25.2. The molecule has 1 aromatic carbocycles. The molecule has 33 heavy (non-hydrogen) atoms. The number of rotatable bonds is 11. The lowest BCUT2D eigenvalue weighted by Gasteiger charge is -2.24. The van der Waals surface area contributed by atoms with Gasteiger partial charge < -0.3 is 14.4 Å². The second-order valence-corrected chi connectivity index (χ2v) is 7.81. The van der Waals surface area contributed by atoms with E-state index in [2.05, 4.69) is 22.4 Å². The molecule has 0 amide bonds. The number of hydrogen-bond acceptors (Lipinski definition) is 10. The number of hydrogen-bond donors (Lipinski definition) is 0. The Labute approximate surface area is 196 Å². The van der Waals surface area contributed by atoms with Crippen molar-refractivity contribution in [3.8, 4) is 12.1 Å². The summed E-state index contributed by atoms with van der Waals surface area (Å²) >= 11 is 1.13. The molecule has 0 radical (unpaired) electrons. The summed E-state index contributed by atoms with van der Waals surface area (Å²) < 4.78 is 10.4. The first-order valence-corrected chi connectivity index (χ1v) is 11.3. The standard InChI is InChI=1S/C23H25N5O4S/c1-4-21(29)31-12-10-28(11-13-32-22(30)5-2)18-8-6-17(7-9-18)26-27-23-19(14-24)16(3)20(15-25)33-23/h6-9H,4-5,10-13H2,1-3H3/b27-26+. The fourth-order valence-corrected chi connectivity index (χ4v) is 3.63. The van der Waals surface area contributed by atoms with E-state index in [1.165, 1.54) is 0 Å². The number of carbonyl (C=O) groups excluding carboxylic acids is 2. The van der Waals surface area contributed by atoms with Gasteiger partial charge in [0.15, 0.2) is 5.00 Å². The molecule has 1 heterocycles. The van der Waals surface area contributed by atoms with Crippen LogP contribution in [-0.2, 0) is 19.1 Å². The highest BCUT2D eigenvalue weighted by Gasteiger charge is 2.14. The highest BCUT2D eigenvalue weighted by atomic mass is 32.1. The average Bonchev–Trinajstić information content (AvgIpc) is 3.15. The largest absolute Gasteiger partial charge is 0.464 e. The van der Waals surface area contributed by atoms with Crippen LogP contribution in [0.2, 0.25) is 0 Å². The molecular weight excluding hydrogens is 442 g/mol. The molecule has 0 aliphatic carbocycles. The fourth-order valence-electron chi connectivity index (χ4n) is 2.75. The average molecular weight is 468 g/mol. The van der Waals surface area contributed by atoms with Gasteiger partial charge in [0.2, 0.25) is 0 Å². The maximum absolute atomic E-state index is 11.4. The lowest BCUT2D eigenvalue weighted by Crippen LogP contribution is -2.32. The fraction of sp³-hybridized carbons (Fsp3) is 0.391. The molecule has 0 atom stereocenters. The lowest BCUT2D eigenvalue weighted by molar-refractivity contribution is -0.143. The molecule has 0 aliphatic heterocycles. The molecule has 0 saturated heterocycles. The maximum Gasteiger partial charge on any atom is 0.305 e. The van der Waals surface area contributed by atoms with Gasteiger partial charge in [0.1, 0.15) is 30.2 Å². The predicted molar refractivity (Wildman–Crippen MR) is 124 cm³/mol. The smallest absolute Gasteiger partial charge is 0.305 e. The number of thiophene rings is 1. The van der Waals surface area contributed by atoms with Gasteiger partial charge in [-0.15, -0.1) is 21.6 Å². The van der Waals surface area contributed by atoms with Crippen molar-refractivity contribution in [1.29, 1.82) is 10.5 Å². The number of anilines is 1. The molecule has 0 saturated carbocycles. The Balaban J connectivity index is 2.12. The highest BCUT2D eigenvalue weighted by molar-refractivity contribution is 7.16. The molecule has 1 aromatic heterocycles. The van der Waals surface area contributed by atoms with Crippen molar-refractivity contribution in [1.82, 2.24) is 0 Å². The zero-order chi connectivity index (χ0) is 24.2. The summed E-state index contributed by atoms with van der Waals surface area (Å²) in [5, 5.41) is 27.2. The van der Waals surface area contributed by atoms with Crippen molar-refractivity contribution >= 4 is 39.7 Å². The van der Waals surface area contributed by atoms with E-state index in [1.807, 2.05) is 17.0 Å². The summed E-state index contributed by atoms with van der Waals surface area (Å²) in [5.74, 6) is -0.550. The topological polar surface area (TPSA) is 128 Å². The first kappa shape index (κ1) is 25.5. The maximum atomic E-state index is 11.4. The predicted octanol–water partition coefficient (Wildman–Crippen LogP) is 4.93. The number of benzene rings is 1. The molecular formula is C23H25N5O4S. The SMILES string of the molecule is CCC(=O)OCCN(CCOC(=O)CC)c1ccc(/N=N/c2sc(C#N)c(C)c2C#N)cc1. The number of carbonyl (C=O) groups is 2. The Morgan fingerprint density at radius 3 is 2.03 bits per heavy atom.